The van der Waals surface area contributed by atoms with Gasteiger partial charge in [-0.25, -0.2) is 9.36 Å². The molecule has 0 spiro atoms. The van der Waals surface area contributed by atoms with Gasteiger partial charge in [0.05, 0.1) is 27.0 Å². The number of pyridine rings is 1. The third-order valence-corrected chi connectivity index (χ3v) is 9.24. The van der Waals surface area contributed by atoms with Crippen LogP contribution in [0.1, 0.15) is 32.1 Å². The van der Waals surface area contributed by atoms with Gasteiger partial charge in [-0.05, 0) is 59.6 Å². The van der Waals surface area contributed by atoms with Crippen molar-refractivity contribution in [2.24, 2.45) is 10.2 Å². The van der Waals surface area contributed by atoms with Crippen LogP contribution in [-0.4, -0.2) is 63.1 Å². The average molecular weight is 699 g/mol. The number of thiazole rings is 1. The van der Waals surface area contributed by atoms with Crippen molar-refractivity contribution in [1.82, 2.24) is 9.71 Å². The van der Waals surface area contributed by atoms with Crippen LogP contribution in [0.5, 0.6) is 11.8 Å². The first kappa shape index (κ1) is 34.1. The number of hydrogen-bond donors (Lipinski definition) is 3. The summed E-state index contributed by atoms with van der Waals surface area (Å²) in [5, 5.41) is 40.7. The molecule has 2 aromatic carbocycles. The number of fused-ring (bicyclic) bond motifs is 2. The van der Waals surface area contributed by atoms with Crippen molar-refractivity contribution in [2.45, 2.75) is 38.6 Å². The number of rotatable bonds is 15. The third kappa shape index (κ3) is 8.20. The maximum Gasteiger partial charge on any atom is 0.409 e. The van der Waals surface area contributed by atoms with Crippen molar-refractivity contribution in [2.75, 3.05) is 24.2 Å². The molecule has 0 radical (unpaired) electrons. The van der Waals surface area contributed by atoms with Gasteiger partial charge in [0, 0.05) is 68.0 Å². The van der Waals surface area contributed by atoms with Crippen LogP contribution in [0.3, 0.4) is 0 Å². The number of nitrogens with zero attached hydrogens (tertiary/aromatic N) is 7. The Balaban J connectivity index is 1.28. The molecular formula is C30H32N7O9S2+. The van der Waals surface area contributed by atoms with E-state index >= 15 is 0 Å². The van der Waals surface area contributed by atoms with E-state index in [-0.39, 0.29) is 36.8 Å². The summed E-state index contributed by atoms with van der Waals surface area (Å²) in [5.41, 5.74) is 2.51. The third-order valence-electron chi connectivity index (χ3n) is 7.41. The van der Waals surface area contributed by atoms with Crippen LogP contribution in [0.15, 0.2) is 71.0 Å². The number of nitro groups is 1. The maximum atomic E-state index is 12.1. The monoisotopic (exact) mass is 698 g/mol. The highest BCUT2D eigenvalue weighted by Crippen LogP contribution is 2.35. The molecule has 0 saturated heterocycles. The Morgan fingerprint density at radius 3 is 2.58 bits per heavy atom. The van der Waals surface area contributed by atoms with E-state index in [2.05, 4.69) is 20.1 Å². The Hall–Kier alpha value is -5.20. The predicted octanol–water partition coefficient (Wildman–Crippen LogP) is 5.20. The summed E-state index contributed by atoms with van der Waals surface area (Å²) in [4.78, 5) is 34.5. The van der Waals surface area contributed by atoms with Crippen LogP contribution >= 0.6 is 11.3 Å². The van der Waals surface area contributed by atoms with Crippen LogP contribution < -0.4 is 14.3 Å². The highest BCUT2D eigenvalue weighted by atomic mass is 32.2. The lowest BCUT2D eigenvalue weighted by Crippen LogP contribution is -2.33. The molecule has 0 atom stereocenters. The van der Waals surface area contributed by atoms with E-state index in [1.807, 2.05) is 25.2 Å². The van der Waals surface area contributed by atoms with Gasteiger partial charge in [-0.2, -0.15) is 8.42 Å². The maximum absolute atomic E-state index is 12.1. The number of aromatic hydroxyl groups is 2. The van der Waals surface area contributed by atoms with Gasteiger partial charge in [-0.1, -0.05) is 6.42 Å². The lowest BCUT2D eigenvalue weighted by molar-refractivity contribution is -0.654. The number of aryl methyl sites for hydroxylation is 1. The second-order valence-electron chi connectivity index (χ2n) is 10.8. The van der Waals surface area contributed by atoms with Crippen LogP contribution in [0, 0.1) is 10.1 Å². The summed E-state index contributed by atoms with van der Waals surface area (Å²) >= 11 is 1.17. The summed E-state index contributed by atoms with van der Waals surface area (Å²) in [7, 11) is -2.23. The quantitative estimate of drug-likeness (QED) is 0.0322. The van der Waals surface area contributed by atoms with Crippen molar-refractivity contribution in [3.8, 4) is 11.8 Å². The van der Waals surface area contributed by atoms with Gasteiger partial charge in [-0.15, -0.1) is 4.73 Å². The number of benzene rings is 2. The smallest absolute Gasteiger partial charge is 0.409 e. The molecule has 0 bridgehead atoms. The minimum Gasteiger partial charge on any atom is -0.492 e. The van der Waals surface area contributed by atoms with Gasteiger partial charge in [0.15, 0.2) is 0 Å². The molecule has 0 unspecified atom stereocenters. The first-order valence-corrected chi connectivity index (χ1v) is 17.2. The molecule has 0 saturated carbocycles. The van der Waals surface area contributed by atoms with E-state index in [9.17, 15) is 38.1 Å². The van der Waals surface area contributed by atoms with Crippen LogP contribution in [0.4, 0.5) is 22.2 Å². The van der Waals surface area contributed by atoms with Crippen molar-refractivity contribution < 1.29 is 42.3 Å². The minimum absolute atomic E-state index is 0.0906. The number of carbonyl (C=O) groups is 1. The number of azo groups is 1. The van der Waals surface area contributed by atoms with E-state index in [0.29, 0.717) is 44.2 Å². The molecule has 18 heteroatoms. The predicted molar refractivity (Wildman–Crippen MR) is 177 cm³/mol. The molecule has 5 rings (SSSR count). The van der Waals surface area contributed by atoms with E-state index in [4.69, 9.17) is 4.84 Å². The molecule has 0 aliphatic carbocycles. The zero-order chi connectivity index (χ0) is 34.4. The first-order valence-electron chi connectivity index (χ1n) is 14.8. The molecule has 16 nitrogen and oxygen atoms in total. The zero-order valence-corrected chi connectivity index (χ0v) is 27.3. The van der Waals surface area contributed by atoms with Crippen molar-refractivity contribution >= 4 is 70.7 Å². The van der Waals surface area contributed by atoms with E-state index < -0.39 is 26.8 Å². The van der Waals surface area contributed by atoms with Gasteiger partial charge in [0.25, 0.3) is 15.8 Å². The highest BCUT2D eigenvalue weighted by Gasteiger charge is 2.23. The number of hydrogen-bond acceptors (Lipinski definition) is 13. The number of unbranched alkanes of at least 4 members (excludes halogenated alkanes) is 2. The number of non-ortho nitro benzene ring substituents is 1. The molecule has 0 fully saturated rings. The van der Waals surface area contributed by atoms with Gasteiger partial charge in [0.1, 0.15) is 16.7 Å². The van der Waals surface area contributed by atoms with Crippen LogP contribution in [0.2, 0.25) is 0 Å². The zero-order valence-electron chi connectivity index (χ0n) is 25.7. The van der Waals surface area contributed by atoms with Gasteiger partial charge in [0.2, 0.25) is 11.8 Å². The molecule has 0 aliphatic heterocycles. The van der Waals surface area contributed by atoms with Crippen LogP contribution in [-0.2, 0) is 21.5 Å². The summed E-state index contributed by atoms with van der Waals surface area (Å²) in [5.74, 6) is -1.78. The summed E-state index contributed by atoms with van der Waals surface area (Å²) in [6.45, 7) is 0.854. The average Bonchev–Trinajstić information content (AvgIpc) is 3.56. The lowest BCUT2D eigenvalue weighted by Gasteiger charge is -2.21. The second-order valence-corrected chi connectivity index (χ2v) is 13.4. The number of carbonyl (C=O) groups excluding carboxylic acids is 1. The molecule has 3 aromatic heterocycles. The standard InChI is InChI=1S/C30H31N7O9S2/c1-34(16-4-2-3-8-28(40)46-36-26(38)13-14-27(36)39)23-12-10-22(29-21(23)7-5-15-31-29)32-33-30-35(17-6-18-48(43,44)45)24-11-9-20(37(41)42)19-25(24)47-30/h5,7,9-15,19,32H,2-4,6,8,16-18H2,1H3,(H,43,44,45)/p+1. The molecule has 48 heavy (non-hydrogen) atoms. The highest BCUT2D eigenvalue weighted by molar-refractivity contribution is 7.85. The Morgan fingerprint density at radius 2 is 1.85 bits per heavy atom. The molecule has 3 N–H and O–H groups in total. The number of nitro benzene ring substituents is 1. The first-order chi connectivity index (χ1) is 22.9. The minimum atomic E-state index is -4.18. The summed E-state index contributed by atoms with van der Waals surface area (Å²) < 4.78 is 34.8. The molecule has 0 amide bonds. The Morgan fingerprint density at radius 1 is 1.08 bits per heavy atom. The van der Waals surface area contributed by atoms with E-state index in [1.165, 1.54) is 35.6 Å². The summed E-state index contributed by atoms with van der Waals surface area (Å²) in [6, 6.07) is 14.2. The van der Waals surface area contributed by atoms with E-state index in [1.54, 1.807) is 22.9 Å². The molecule has 252 valence electrons. The molecule has 0 aliphatic rings. The lowest BCUT2D eigenvalue weighted by atomic mass is 10.1. The Bertz CT molecular complexity index is 2090. The fourth-order valence-corrected chi connectivity index (χ4v) is 6.62. The van der Waals surface area contributed by atoms with Gasteiger partial charge >= 0.3 is 11.1 Å². The fourth-order valence-electron chi connectivity index (χ4n) is 5.08. The van der Waals surface area contributed by atoms with Gasteiger partial charge in [-0.3, -0.25) is 19.7 Å². The van der Waals surface area contributed by atoms with Gasteiger partial charge < -0.3 is 20.0 Å². The molecule has 3 heterocycles. The largest absolute Gasteiger partial charge is 0.492 e. The summed E-state index contributed by atoms with van der Waals surface area (Å²) in [6.07, 6.45) is 3.91. The SMILES string of the molecule is CN(CCCCCC(=O)On1c(O)ccc1O)c1ccc(N=Nc2sc3cc([N+](=O)[O-])ccc3[n+]2CCCS(=O)(=O)O)c2ncccc12. The second kappa shape index (κ2) is 14.7. The normalized spacial score (nSPS) is 11.9. The fraction of sp³-hybridized carbons (Fsp3) is 0.300. The van der Waals surface area contributed by atoms with Crippen molar-refractivity contribution in [3.63, 3.8) is 0 Å². The topological polar surface area (TPSA) is 214 Å². The number of aromatic nitrogens is 3. The molecule has 5 aromatic rings. The van der Waals surface area contributed by atoms with E-state index in [0.717, 1.165) is 23.9 Å². The van der Waals surface area contributed by atoms with Crippen LogP contribution in [0.25, 0.3) is 21.1 Å². The number of anilines is 1. The van der Waals surface area contributed by atoms with Crippen molar-refractivity contribution in [1.29, 1.82) is 0 Å². The Labute approximate surface area is 278 Å². The Kier molecular flexibility index (Phi) is 10.5. The molecular weight excluding hydrogens is 667 g/mol. The van der Waals surface area contributed by atoms with Crippen molar-refractivity contribution in [3.05, 3.63) is 70.9 Å².